The number of nitrogens with one attached hydrogen (secondary N) is 1. The molecule has 0 bridgehead atoms. The Kier molecular flexibility index (Phi) is 3.09. The molecule has 98 valence electrons. The highest BCUT2D eigenvalue weighted by Gasteiger charge is 2.44. The van der Waals surface area contributed by atoms with Crippen LogP contribution in [-0.4, -0.2) is 15.9 Å². The number of benzene rings is 1. The van der Waals surface area contributed by atoms with Crippen molar-refractivity contribution in [3.63, 3.8) is 0 Å². The molecule has 1 saturated carbocycles. The number of carbonyl (C=O) groups excluding carboxylic acids is 1. The van der Waals surface area contributed by atoms with E-state index in [1.807, 2.05) is 6.07 Å². The molecule has 0 radical (unpaired) electrons. The number of phenols is 1. The molecule has 1 fully saturated rings. The van der Waals surface area contributed by atoms with Gasteiger partial charge >= 0.3 is 0 Å². The van der Waals surface area contributed by atoms with Crippen molar-refractivity contribution in [1.82, 2.24) is 0 Å². The van der Waals surface area contributed by atoms with E-state index in [1.54, 1.807) is 0 Å². The van der Waals surface area contributed by atoms with Crippen LogP contribution in [0.25, 0.3) is 0 Å². The summed E-state index contributed by atoms with van der Waals surface area (Å²) in [4.78, 5) is 21.8. The van der Waals surface area contributed by atoms with Gasteiger partial charge < -0.3 is 10.4 Å². The summed E-state index contributed by atoms with van der Waals surface area (Å²) in [5.74, 6) is -0.875. The molecule has 0 aliphatic heterocycles. The highest BCUT2D eigenvalue weighted by atomic mass is 16.6. The number of amides is 1. The fourth-order valence-electron chi connectivity index (χ4n) is 1.90. The van der Waals surface area contributed by atoms with Gasteiger partial charge in [-0.05, 0) is 25.3 Å². The lowest BCUT2D eigenvalue weighted by Gasteiger charge is -2.33. The third-order valence-electron chi connectivity index (χ3n) is 3.30. The molecule has 0 aromatic heterocycles. The van der Waals surface area contributed by atoms with Crippen LogP contribution in [0.1, 0.15) is 19.3 Å². The number of non-ortho nitro benzene ring substituents is 1. The van der Waals surface area contributed by atoms with Crippen LogP contribution in [0, 0.1) is 26.9 Å². The monoisotopic (exact) mass is 261 g/mol. The second-order valence-electron chi connectivity index (χ2n) is 4.46. The van der Waals surface area contributed by atoms with Crippen LogP contribution in [0.15, 0.2) is 18.2 Å². The number of rotatable bonds is 3. The Morgan fingerprint density at radius 3 is 2.63 bits per heavy atom. The first-order valence-electron chi connectivity index (χ1n) is 5.69. The van der Waals surface area contributed by atoms with E-state index in [0.717, 1.165) is 12.5 Å². The first kappa shape index (κ1) is 12.8. The van der Waals surface area contributed by atoms with Gasteiger partial charge in [-0.25, -0.2) is 0 Å². The maximum atomic E-state index is 11.9. The van der Waals surface area contributed by atoms with Gasteiger partial charge in [0, 0.05) is 6.07 Å². The van der Waals surface area contributed by atoms with Crippen molar-refractivity contribution in [3.05, 3.63) is 28.3 Å². The third-order valence-corrected chi connectivity index (χ3v) is 3.30. The molecule has 19 heavy (non-hydrogen) atoms. The maximum absolute atomic E-state index is 11.9. The molecular formula is C12H11N3O4. The van der Waals surface area contributed by atoms with Gasteiger partial charge in [-0.1, -0.05) is 0 Å². The number of hydrogen-bond acceptors (Lipinski definition) is 5. The molecule has 1 aliphatic carbocycles. The van der Waals surface area contributed by atoms with Crippen molar-refractivity contribution in [3.8, 4) is 11.8 Å². The van der Waals surface area contributed by atoms with Crippen LogP contribution < -0.4 is 5.32 Å². The Hall–Kier alpha value is -2.62. The standard InChI is InChI=1S/C12H11N3O4/c13-7-12(4-1-5-12)11(17)14-9-3-2-8(15(18)19)6-10(9)16/h2-3,6,16H,1,4-5H2,(H,14,17). The van der Waals surface area contributed by atoms with Crippen LogP contribution in [0.5, 0.6) is 5.75 Å². The average molecular weight is 261 g/mol. The molecular weight excluding hydrogens is 250 g/mol. The van der Waals surface area contributed by atoms with E-state index in [9.17, 15) is 20.0 Å². The Morgan fingerprint density at radius 1 is 1.53 bits per heavy atom. The molecule has 1 aromatic rings. The zero-order valence-corrected chi connectivity index (χ0v) is 9.92. The Bertz CT molecular complexity index is 587. The van der Waals surface area contributed by atoms with Crippen molar-refractivity contribution in [2.45, 2.75) is 19.3 Å². The predicted octanol–water partition coefficient (Wildman–Crippen LogP) is 1.93. The lowest BCUT2D eigenvalue weighted by molar-refractivity contribution is -0.384. The Morgan fingerprint density at radius 2 is 2.21 bits per heavy atom. The second-order valence-corrected chi connectivity index (χ2v) is 4.46. The van der Waals surface area contributed by atoms with Gasteiger partial charge in [0.05, 0.1) is 22.7 Å². The number of carbonyl (C=O) groups is 1. The quantitative estimate of drug-likeness (QED) is 0.490. The van der Waals surface area contributed by atoms with E-state index in [0.29, 0.717) is 12.8 Å². The predicted molar refractivity (Wildman–Crippen MR) is 65.3 cm³/mol. The lowest BCUT2D eigenvalue weighted by atomic mass is 9.69. The van der Waals surface area contributed by atoms with Crippen molar-refractivity contribution < 1.29 is 14.8 Å². The first-order chi connectivity index (χ1) is 8.98. The minimum atomic E-state index is -1.03. The molecule has 1 aromatic carbocycles. The molecule has 0 spiro atoms. The Balaban J connectivity index is 2.18. The van der Waals surface area contributed by atoms with Crippen LogP contribution in [0.4, 0.5) is 11.4 Å². The zero-order chi connectivity index (χ0) is 14.0. The minimum Gasteiger partial charge on any atom is -0.506 e. The molecule has 0 unspecified atom stereocenters. The summed E-state index contributed by atoms with van der Waals surface area (Å²) in [5.41, 5.74) is -1.24. The van der Waals surface area contributed by atoms with E-state index >= 15 is 0 Å². The number of hydrogen-bond donors (Lipinski definition) is 2. The number of nitro groups is 1. The van der Waals surface area contributed by atoms with E-state index in [1.165, 1.54) is 12.1 Å². The summed E-state index contributed by atoms with van der Waals surface area (Å²) >= 11 is 0. The number of anilines is 1. The first-order valence-corrected chi connectivity index (χ1v) is 5.69. The summed E-state index contributed by atoms with van der Waals surface area (Å²) in [7, 11) is 0. The normalized spacial score (nSPS) is 15.9. The number of nitro benzene ring substituents is 1. The van der Waals surface area contributed by atoms with Crippen LogP contribution in [0.2, 0.25) is 0 Å². The molecule has 0 saturated heterocycles. The van der Waals surface area contributed by atoms with Gasteiger partial charge in [-0.3, -0.25) is 14.9 Å². The van der Waals surface area contributed by atoms with Crippen LogP contribution in [-0.2, 0) is 4.79 Å². The number of aromatic hydroxyl groups is 1. The molecule has 1 aliphatic rings. The fraction of sp³-hybridized carbons (Fsp3) is 0.333. The van der Waals surface area contributed by atoms with Crippen molar-refractivity contribution in [2.24, 2.45) is 5.41 Å². The largest absolute Gasteiger partial charge is 0.506 e. The third kappa shape index (κ3) is 2.20. The van der Waals surface area contributed by atoms with Crippen molar-refractivity contribution in [2.75, 3.05) is 5.32 Å². The number of nitriles is 1. The van der Waals surface area contributed by atoms with Crippen LogP contribution in [0.3, 0.4) is 0 Å². The second kappa shape index (κ2) is 4.57. The molecule has 2 rings (SSSR count). The van der Waals surface area contributed by atoms with Gasteiger partial charge in [-0.15, -0.1) is 0 Å². The van der Waals surface area contributed by atoms with E-state index in [4.69, 9.17) is 5.26 Å². The molecule has 7 heteroatoms. The van der Waals surface area contributed by atoms with Gasteiger partial charge in [0.15, 0.2) is 0 Å². The van der Waals surface area contributed by atoms with Gasteiger partial charge in [0.25, 0.3) is 5.69 Å². The van der Waals surface area contributed by atoms with Crippen LogP contribution >= 0.6 is 0 Å². The summed E-state index contributed by atoms with van der Waals surface area (Å²) in [6.07, 6.45) is 1.79. The smallest absolute Gasteiger partial charge is 0.273 e. The summed E-state index contributed by atoms with van der Waals surface area (Å²) < 4.78 is 0. The van der Waals surface area contributed by atoms with Gasteiger partial charge in [0.1, 0.15) is 11.2 Å². The highest BCUT2D eigenvalue weighted by molar-refractivity contribution is 5.99. The molecule has 7 nitrogen and oxygen atoms in total. The average Bonchev–Trinajstić information content (AvgIpc) is 2.30. The number of phenolic OH excluding ortho intramolecular Hbond substituents is 1. The van der Waals surface area contributed by atoms with Gasteiger partial charge in [-0.2, -0.15) is 5.26 Å². The van der Waals surface area contributed by atoms with Crippen molar-refractivity contribution in [1.29, 1.82) is 5.26 Å². The number of nitrogens with zero attached hydrogens (tertiary/aromatic N) is 2. The summed E-state index contributed by atoms with van der Waals surface area (Å²) in [5, 5.41) is 31.6. The Labute approximate surface area is 108 Å². The zero-order valence-electron chi connectivity index (χ0n) is 9.92. The molecule has 0 atom stereocenters. The lowest BCUT2D eigenvalue weighted by Crippen LogP contribution is -2.40. The summed E-state index contributed by atoms with van der Waals surface area (Å²) in [6.45, 7) is 0. The molecule has 2 N–H and O–H groups in total. The maximum Gasteiger partial charge on any atom is 0.273 e. The van der Waals surface area contributed by atoms with E-state index < -0.39 is 22.0 Å². The molecule has 0 heterocycles. The summed E-state index contributed by atoms with van der Waals surface area (Å²) in [6, 6.07) is 5.36. The SMILES string of the molecule is N#CC1(C(=O)Nc2ccc([N+](=O)[O-])cc2O)CCC1. The van der Waals surface area contributed by atoms with Crippen molar-refractivity contribution >= 4 is 17.3 Å². The molecule has 1 amide bonds. The fourth-order valence-corrected chi connectivity index (χ4v) is 1.90. The highest BCUT2D eigenvalue weighted by Crippen LogP contribution is 2.41. The van der Waals surface area contributed by atoms with Gasteiger partial charge in [0.2, 0.25) is 5.91 Å². The topological polar surface area (TPSA) is 116 Å². The minimum absolute atomic E-state index is 0.0668. The van der Waals surface area contributed by atoms with E-state index in [2.05, 4.69) is 5.32 Å². The van der Waals surface area contributed by atoms with E-state index in [-0.39, 0.29) is 11.4 Å².